The zero-order valence-corrected chi connectivity index (χ0v) is 14.6. The van der Waals surface area contributed by atoms with Crippen LogP contribution in [0, 0.1) is 0 Å². The van der Waals surface area contributed by atoms with Gasteiger partial charge in [-0.3, -0.25) is 4.79 Å². The minimum absolute atomic E-state index is 0.0318. The highest BCUT2D eigenvalue weighted by Crippen LogP contribution is 2.13. The van der Waals surface area contributed by atoms with Gasteiger partial charge >= 0.3 is 0 Å². The molecule has 3 heteroatoms. The number of nitrogens with one attached hydrogen (secondary N) is 1. The first-order valence-electron chi connectivity index (χ1n) is 8.76. The summed E-state index contributed by atoms with van der Waals surface area (Å²) in [7, 11) is 0. The van der Waals surface area contributed by atoms with Crippen LogP contribution < -0.4 is 10.1 Å². The number of ether oxygens (including phenoxy) is 1. The lowest BCUT2D eigenvalue weighted by atomic mass is 10.1. The van der Waals surface area contributed by atoms with Crippen LogP contribution in [0.15, 0.2) is 54.6 Å². The van der Waals surface area contributed by atoms with Gasteiger partial charge in [0.2, 0.25) is 0 Å². The molecule has 2 aromatic carbocycles. The highest BCUT2D eigenvalue weighted by Gasteiger charge is 2.10. The fraction of sp³-hybridized carbons (Fsp3) is 0.381. The van der Waals surface area contributed by atoms with Gasteiger partial charge in [-0.15, -0.1) is 0 Å². The minimum Gasteiger partial charge on any atom is -0.494 e. The molecule has 1 N–H and O–H groups in total. The summed E-state index contributed by atoms with van der Waals surface area (Å²) in [5, 5.41) is 3.06. The molecule has 0 heterocycles. The van der Waals surface area contributed by atoms with E-state index in [2.05, 4.69) is 24.4 Å². The van der Waals surface area contributed by atoms with Gasteiger partial charge in [0.25, 0.3) is 5.91 Å². The SMILES string of the molecule is CCCCOc1ccc(C(=O)NC(C)CCc2ccccc2)cc1. The fourth-order valence-corrected chi connectivity index (χ4v) is 2.44. The Kier molecular flexibility index (Phi) is 7.34. The van der Waals surface area contributed by atoms with Gasteiger partial charge in [0.1, 0.15) is 5.75 Å². The number of aryl methyl sites for hydroxylation is 1. The van der Waals surface area contributed by atoms with Crippen LogP contribution in [0.1, 0.15) is 49.0 Å². The van der Waals surface area contributed by atoms with Gasteiger partial charge < -0.3 is 10.1 Å². The lowest BCUT2D eigenvalue weighted by Crippen LogP contribution is -2.32. The van der Waals surface area contributed by atoms with E-state index in [1.165, 1.54) is 5.56 Å². The van der Waals surface area contributed by atoms with Gasteiger partial charge in [0.05, 0.1) is 6.61 Å². The number of unbranched alkanes of at least 4 members (excludes halogenated alkanes) is 1. The molecule has 0 saturated carbocycles. The highest BCUT2D eigenvalue weighted by atomic mass is 16.5. The quantitative estimate of drug-likeness (QED) is 0.683. The smallest absolute Gasteiger partial charge is 0.251 e. The second-order valence-corrected chi connectivity index (χ2v) is 6.13. The number of hydrogen-bond acceptors (Lipinski definition) is 2. The van der Waals surface area contributed by atoms with Crippen LogP contribution in [0.4, 0.5) is 0 Å². The molecule has 2 aromatic rings. The monoisotopic (exact) mass is 325 g/mol. The molecule has 24 heavy (non-hydrogen) atoms. The molecule has 0 spiro atoms. The molecule has 0 aromatic heterocycles. The van der Waals surface area contributed by atoms with Crippen LogP contribution >= 0.6 is 0 Å². The van der Waals surface area contributed by atoms with Crippen molar-refractivity contribution in [2.75, 3.05) is 6.61 Å². The first kappa shape index (κ1) is 18.1. The van der Waals surface area contributed by atoms with E-state index < -0.39 is 0 Å². The van der Waals surface area contributed by atoms with Crippen molar-refractivity contribution in [2.24, 2.45) is 0 Å². The van der Waals surface area contributed by atoms with Gasteiger partial charge in [-0.25, -0.2) is 0 Å². The van der Waals surface area contributed by atoms with E-state index in [9.17, 15) is 4.79 Å². The summed E-state index contributed by atoms with van der Waals surface area (Å²) in [6.07, 6.45) is 4.04. The third-order valence-electron chi connectivity index (χ3n) is 3.97. The number of benzene rings is 2. The molecule has 1 unspecified atom stereocenters. The Balaban J connectivity index is 1.78. The normalized spacial score (nSPS) is 11.8. The molecule has 1 amide bonds. The molecule has 0 saturated heterocycles. The Hall–Kier alpha value is -2.29. The summed E-state index contributed by atoms with van der Waals surface area (Å²) < 4.78 is 5.62. The van der Waals surface area contributed by atoms with E-state index in [1.807, 2.05) is 49.4 Å². The lowest BCUT2D eigenvalue weighted by Gasteiger charge is -2.14. The fourth-order valence-electron chi connectivity index (χ4n) is 2.44. The van der Waals surface area contributed by atoms with Crippen LogP contribution in [-0.2, 0) is 6.42 Å². The van der Waals surface area contributed by atoms with Crippen molar-refractivity contribution in [2.45, 2.75) is 45.6 Å². The molecular weight excluding hydrogens is 298 g/mol. The van der Waals surface area contributed by atoms with Crippen LogP contribution in [-0.4, -0.2) is 18.6 Å². The predicted molar refractivity (Wildman–Crippen MR) is 98.5 cm³/mol. The molecule has 0 aliphatic carbocycles. The summed E-state index contributed by atoms with van der Waals surface area (Å²) in [4.78, 5) is 12.3. The molecule has 1 atom stereocenters. The molecule has 2 rings (SSSR count). The van der Waals surface area contributed by atoms with Crippen molar-refractivity contribution in [3.8, 4) is 5.75 Å². The first-order chi connectivity index (χ1) is 11.7. The van der Waals surface area contributed by atoms with Crippen molar-refractivity contribution >= 4 is 5.91 Å². The van der Waals surface area contributed by atoms with Crippen LogP contribution in [0.25, 0.3) is 0 Å². The van der Waals surface area contributed by atoms with Crippen molar-refractivity contribution in [1.82, 2.24) is 5.32 Å². The van der Waals surface area contributed by atoms with Crippen molar-refractivity contribution in [1.29, 1.82) is 0 Å². The average Bonchev–Trinajstić information content (AvgIpc) is 2.61. The second kappa shape index (κ2) is 9.76. The summed E-state index contributed by atoms with van der Waals surface area (Å²) in [6, 6.07) is 17.8. The van der Waals surface area contributed by atoms with E-state index in [0.29, 0.717) is 5.56 Å². The van der Waals surface area contributed by atoms with Crippen LogP contribution in [0.5, 0.6) is 5.75 Å². The first-order valence-corrected chi connectivity index (χ1v) is 8.76. The molecule has 3 nitrogen and oxygen atoms in total. The predicted octanol–water partition coefficient (Wildman–Crippen LogP) is 4.62. The van der Waals surface area contributed by atoms with E-state index in [4.69, 9.17) is 4.74 Å². The van der Waals surface area contributed by atoms with Crippen molar-refractivity contribution in [3.63, 3.8) is 0 Å². The Morgan fingerprint density at radius 3 is 2.46 bits per heavy atom. The van der Waals surface area contributed by atoms with Crippen LogP contribution in [0.2, 0.25) is 0 Å². The Labute approximate surface area is 145 Å². The zero-order valence-electron chi connectivity index (χ0n) is 14.6. The van der Waals surface area contributed by atoms with Gasteiger partial charge in [0, 0.05) is 11.6 Å². The highest BCUT2D eigenvalue weighted by molar-refractivity contribution is 5.94. The van der Waals surface area contributed by atoms with Crippen molar-refractivity contribution < 1.29 is 9.53 Å². The van der Waals surface area contributed by atoms with Crippen molar-refractivity contribution in [3.05, 3.63) is 65.7 Å². The third kappa shape index (κ3) is 6.07. The topological polar surface area (TPSA) is 38.3 Å². The number of carbonyl (C=O) groups excluding carboxylic acids is 1. The van der Waals surface area contributed by atoms with E-state index in [-0.39, 0.29) is 11.9 Å². The van der Waals surface area contributed by atoms with E-state index in [0.717, 1.165) is 38.0 Å². The maximum atomic E-state index is 12.3. The average molecular weight is 325 g/mol. The van der Waals surface area contributed by atoms with E-state index in [1.54, 1.807) is 0 Å². The number of hydrogen-bond donors (Lipinski definition) is 1. The molecule has 128 valence electrons. The maximum absolute atomic E-state index is 12.3. The van der Waals surface area contributed by atoms with Crippen LogP contribution in [0.3, 0.4) is 0 Å². The Bertz CT molecular complexity index is 607. The Morgan fingerprint density at radius 1 is 1.08 bits per heavy atom. The van der Waals surface area contributed by atoms with Gasteiger partial charge in [-0.2, -0.15) is 0 Å². The zero-order chi connectivity index (χ0) is 17.2. The van der Waals surface area contributed by atoms with Gasteiger partial charge in [0.15, 0.2) is 0 Å². The third-order valence-corrected chi connectivity index (χ3v) is 3.97. The summed E-state index contributed by atoms with van der Waals surface area (Å²) >= 11 is 0. The molecule has 0 aliphatic heterocycles. The summed E-state index contributed by atoms with van der Waals surface area (Å²) in [5.41, 5.74) is 1.97. The van der Waals surface area contributed by atoms with E-state index >= 15 is 0 Å². The second-order valence-electron chi connectivity index (χ2n) is 6.13. The molecule has 0 aliphatic rings. The largest absolute Gasteiger partial charge is 0.494 e. The lowest BCUT2D eigenvalue weighted by molar-refractivity contribution is 0.0938. The Morgan fingerprint density at radius 2 is 1.79 bits per heavy atom. The van der Waals surface area contributed by atoms with Gasteiger partial charge in [-0.1, -0.05) is 43.7 Å². The summed E-state index contributed by atoms with van der Waals surface area (Å²) in [6.45, 7) is 4.90. The minimum atomic E-state index is -0.0318. The number of amides is 1. The molecular formula is C21H27NO2. The molecule has 0 radical (unpaired) electrons. The standard InChI is InChI=1S/C21H27NO2/c1-3-4-16-24-20-14-12-19(13-15-20)21(23)22-17(2)10-11-18-8-6-5-7-9-18/h5-9,12-15,17H,3-4,10-11,16H2,1-2H3,(H,22,23). The number of rotatable bonds is 9. The van der Waals surface area contributed by atoms with Gasteiger partial charge in [-0.05, 0) is 56.0 Å². The summed E-state index contributed by atoms with van der Waals surface area (Å²) in [5.74, 6) is 0.785. The number of carbonyl (C=O) groups is 1. The molecule has 0 fully saturated rings. The molecule has 0 bridgehead atoms. The maximum Gasteiger partial charge on any atom is 0.251 e.